The van der Waals surface area contributed by atoms with Crippen LogP contribution in [0.2, 0.25) is 5.02 Å². The Morgan fingerprint density at radius 1 is 1.00 bits per heavy atom. The quantitative estimate of drug-likeness (QED) is 0.279. The van der Waals surface area contributed by atoms with Crippen molar-refractivity contribution < 1.29 is 18.0 Å². The molecule has 0 bridgehead atoms. The largest absolute Gasteiger partial charge is 0.352 e. The number of nitrogens with zero attached hydrogens (tertiary/aromatic N) is 2. The van der Waals surface area contributed by atoms with Crippen molar-refractivity contribution in [3.8, 4) is 0 Å². The molecule has 0 aliphatic heterocycles. The number of rotatable bonds is 11. The lowest BCUT2D eigenvalue weighted by Gasteiger charge is -2.34. The monoisotopic (exact) mass is 659 g/mol. The molecule has 1 N–H and O–H groups in total. The molecule has 1 unspecified atom stereocenters. The first-order valence-electron chi connectivity index (χ1n) is 13.6. The van der Waals surface area contributed by atoms with Crippen molar-refractivity contribution in [2.24, 2.45) is 0 Å². The Bertz CT molecular complexity index is 1480. The molecule has 0 radical (unpaired) electrons. The summed E-state index contributed by atoms with van der Waals surface area (Å²) in [5.41, 5.74) is 2.58. The van der Waals surface area contributed by atoms with Crippen molar-refractivity contribution in [3.63, 3.8) is 0 Å². The van der Waals surface area contributed by atoms with E-state index < -0.39 is 28.5 Å². The summed E-state index contributed by atoms with van der Waals surface area (Å²) in [6.07, 6.45) is 5.26. The smallest absolute Gasteiger partial charge is 0.244 e. The molecule has 1 saturated carbocycles. The summed E-state index contributed by atoms with van der Waals surface area (Å²) in [7, 11) is -3.87. The molecule has 1 fully saturated rings. The van der Waals surface area contributed by atoms with Crippen molar-refractivity contribution in [2.75, 3.05) is 17.1 Å². The minimum absolute atomic E-state index is 0.0604. The first-order chi connectivity index (χ1) is 19.5. The number of sulfonamides is 1. The van der Waals surface area contributed by atoms with E-state index in [9.17, 15) is 18.0 Å². The molecule has 0 heterocycles. The highest BCUT2D eigenvalue weighted by molar-refractivity contribution is 9.10. The lowest BCUT2D eigenvalue weighted by molar-refractivity contribution is -0.140. The Labute approximate surface area is 256 Å². The number of amides is 2. The Hall–Kier alpha value is -2.88. The molecule has 1 aliphatic rings. The van der Waals surface area contributed by atoms with Crippen LogP contribution in [-0.4, -0.2) is 50.0 Å². The maximum Gasteiger partial charge on any atom is 0.244 e. The number of halogens is 2. The van der Waals surface area contributed by atoms with Crippen LogP contribution in [0.4, 0.5) is 5.69 Å². The Balaban J connectivity index is 1.74. The van der Waals surface area contributed by atoms with Crippen molar-refractivity contribution in [3.05, 3.63) is 99.0 Å². The fourth-order valence-corrected chi connectivity index (χ4v) is 6.73. The molecule has 218 valence electrons. The van der Waals surface area contributed by atoms with Gasteiger partial charge in [-0.15, -0.1) is 0 Å². The Morgan fingerprint density at radius 3 is 2.32 bits per heavy atom. The standard InChI is InChI=1S/C31H35BrClN3O4S/c1-22-27(33)16-9-17-28(22)36(41(2,39)40)21-30(37)35(20-24-12-8-13-25(32)18-24)29(19-23-10-4-3-5-11-23)31(38)34-26-14-6-7-15-26/h3-5,8-13,16-18,26,29H,6-7,14-15,19-21H2,1-2H3,(H,34,38). The van der Waals surface area contributed by atoms with Crippen molar-refractivity contribution in [1.29, 1.82) is 0 Å². The second-order valence-electron chi connectivity index (χ2n) is 10.5. The molecule has 41 heavy (non-hydrogen) atoms. The van der Waals surface area contributed by atoms with Crippen LogP contribution in [0, 0.1) is 6.92 Å². The predicted molar refractivity (Wildman–Crippen MR) is 167 cm³/mol. The van der Waals surface area contributed by atoms with Crippen LogP contribution in [0.3, 0.4) is 0 Å². The van der Waals surface area contributed by atoms with Crippen molar-refractivity contribution >= 4 is 55.1 Å². The summed E-state index contributed by atoms with van der Waals surface area (Å²) < 4.78 is 27.9. The highest BCUT2D eigenvalue weighted by atomic mass is 79.9. The maximum absolute atomic E-state index is 14.2. The van der Waals surface area contributed by atoms with Gasteiger partial charge in [0.2, 0.25) is 21.8 Å². The number of hydrogen-bond donors (Lipinski definition) is 1. The number of anilines is 1. The van der Waals surface area contributed by atoms with E-state index in [1.54, 1.807) is 25.1 Å². The van der Waals surface area contributed by atoms with Gasteiger partial charge in [-0.3, -0.25) is 13.9 Å². The van der Waals surface area contributed by atoms with E-state index >= 15 is 0 Å². The van der Waals surface area contributed by atoms with E-state index in [2.05, 4.69) is 21.2 Å². The van der Waals surface area contributed by atoms with Gasteiger partial charge in [-0.25, -0.2) is 8.42 Å². The third kappa shape index (κ3) is 8.33. The molecule has 10 heteroatoms. The van der Waals surface area contributed by atoms with Crippen LogP contribution in [0.15, 0.2) is 77.3 Å². The van der Waals surface area contributed by atoms with Gasteiger partial charge in [0.15, 0.2) is 0 Å². The Kier molecular flexibility index (Phi) is 10.5. The number of carbonyl (C=O) groups is 2. The lowest BCUT2D eigenvalue weighted by Crippen LogP contribution is -2.54. The first kappa shape index (κ1) is 31.1. The summed E-state index contributed by atoms with van der Waals surface area (Å²) in [6.45, 7) is 1.36. The topological polar surface area (TPSA) is 86.8 Å². The van der Waals surface area contributed by atoms with Crippen LogP contribution in [0.1, 0.15) is 42.4 Å². The van der Waals surface area contributed by atoms with Gasteiger partial charge in [0.1, 0.15) is 12.6 Å². The third-order valence-electron chi connectivity index (χ3n) is 7.40. The fourth-order valence-electron chi connectivity index (χ4n) is 5.21. The Morgan fingerprint density at radius 2 is 1.66 bits per heavy atom. The number of hydrogen-bond acceptors (Lipinski definition) is 4. The summed E-state index contributed by atoms with van der Waals surface area (Å²) in [5, 5.41) is 3.57. The summed E-state index contributed by atoms with van der Waals surface area (Å²) in [5.74, 6) is -0.730. The zero-order valence-electron chi connectivity index (χ0n) is 23.2. The summed E-state index contributed by atoms with van der Waals surface area (Å²) in [4.78, 5) is 29.6. The van der Waals surface area contributed by atoms with Crippen LogP contribution in [-0.2, 0) is 32.6 Å². The molecule has 7 nitrogen and oxygen atoms in total. The zero-order valence-corrected chi connectivity index (χ0v) is 26.4. The van der Waals surface area contributed by atoms with Gasteiger partial charge in [-0.2, -0.15) is 0 Å². The number of benzene rings is 3. The minimum Gasteiger partial charge on any atom is -0.352 e. The van der Waals surface area contributed by atoms with Crippen LogP contribution in [0.5, 0.6) is 0 Å². The molecule has 0 spiro atoms. The van der Waals surface area contributed by atoms with Crippen LogP contribution in [0.25, 0.3) is 0 Å². The number of nitrogens with one attached hydrogen (secondary N) is 1. The zero-order chi connectivity index (χ0) is 29.6. The maximum atomic E-state index is 14.2. The third-order valence-corrected chi connectivity index (χ3v) is 9.43. The fraction of sp³-hybridized carbons (Fsp3) is 0.355. The average molecular weight is 661 g/mol. The summed E-state index contributed by atoms with van der Waals surface area (Å²) >= 11 is 9.81. The van der Waals surface area contributed by atoms with Crippen molar-refractivity contribution in [2.45, 2.75) is 57.7 Å². The number of carbonyl (C=O) groups excluding carboxylic acids is 2. The molecule has 1 aliphatic carbocycles. The average Bonchev–Trinajstić information content (AvgIpc) is 3.44. The van der Waals surface area contributed by atoms with E-state index in [0.29, 0.717) is 16.3 Å². The molecule has 1 atom stereocenters. The van der Waals surface area contributed by atoms with E-state index in [4.69, 9.17) is 11.6 Å². The second kappa shape index (κ2) is 13.9. The highest BCUT2D eigenvalue weighted by Crippen LogP contribution is 2.29. The lowest BCUT2D eigenvalue weighted by atomic mass is 10.0. The van der Waals surface area contributed by atoms with E-state index in [1.807, 2.05) is 54.6 Å². The van der Waals surface area contributed by atoms with Gasteiger partial charge < -0.3 is 10.2 Å². The van der Waals surface area contributed by atoms with E-state index in [-0.39, 0.29) is 24.9 Å². The molecular weight excluding hydrogens is 626 g/mol. The van der Waals surface area contributed by atoms with Gasteiger partial charge in [-0.1, -0.05) is 88.9 Å². The van der Waals surface area contributed by atoms with Crippen LogP contribution >= 0.6 is 27.5 Å². The minimum atomic E-state index is -3.87. The summed E-state index contributed by atoms with van der Waals surface area (Å²) in [6, 6.07) is 21.2. The second-order valence-corrected chi connectivity index (χ2v) is 13.7. The van der Waals surface area contributed by atoms with Crippen molar-refractivity contribution in [1.82, 2.24) is 10.2 Å². The molecule has 4 rings (SSSR count). The first-order valence-corrected chi connectivity index (χ1v) is 16.7. The highest BCUT2D eigenvalue weighted by Gasteiger charge is 2.34. The van der Waals surface area contributed by atoms with Gasteiger partial charge in [0.05, 0.1) is 11.9 Å². The molecule has 3 aromatic rings. The van der Waals surface area contributed by atoms with Crippen LogP contribution < -0.4 is 9.62 Å². The predicted octanol–water partition coefficient (Wildman–Crippen LogP) is 5.88. The molecule has 3 aromatic carbocycles. The van der Waals surface area contributed by atoms with Gasteiger partial charge in [0.25, 0.3) is 0 Å². The van der Waals surface area contributed by atoms with E-state index in [1.165, 1.54) is 4.90 Å². The molecule has 2 amide bonds. The van der Waals surface area contributed by atoms with E-state index in [0.717, 1.165) is 51.8 Å². The van der Waals surface area contributed by atoms with Gasteiger partial charge in [0, 0.05) is 28.5 Å². The molecule has 0 saturated heterocycles. The normalized spacial score (nSPS) is 14.4. The van der Waals surface area contributed by atoms with Gasteiger partial charge >= 0.3 is 0 Å². The SMILES string of the molecule is Cc1c(Cl)cccc1N(CC(=O)N(Cc1cccc(Br)c1)C(Cc1ccccc1)C(=O)NC1CCCC1)S(C)(=O)=O. The van der Waals surface area contributed by atoms with Gasteiger partial charge in [-0.05, 0) is 60.7 Å². The molecular formula is C31H35BrClN3O4S. The molecule has 0 aromatic heterocycles.